The van der Waals surface area contributed by atoms with E-state index in [9.17, 15) is 9.59 Å². The van der Waals surface area contributed by atoms with Crippen LogP contribution in [-0.2, 0) is 17.6 Å². The van der Waals surface area contributed by atoms with Crippen molar-refractivity contribution in [1.82, 2.24) is 15.1 Å². The summed E-state index contributed by atoms with van der Waals surface area (Å²) in [6.07, 6.45) is 6.02. The molecule has 0 radical (unpaired) electrons. The molecule has 0 bridgehead atoms. The minimum absolute atomic E-state index is 0.0272. The Hall–Kier alpha value is -1.88. The molecule has 1 saturated heterocycles. The normalized spacial score (nSPS) is 27.3. The third-order valence-electron chi connectivity index (χ3n) is 6.42. The van der Waals surface area contributed by atoms with E-state index in [2.05, 4.69) is 30.4 Å². The Morgan fingerprint density at radius 1 is 1.19 bits per heavy atom. The van der Waals surface area contributed by atoms with E-state index in [-0.39, 0.29) is 23.8 Å². The number of nitrogens with zero attached hydrogens (tertiary/aromatic N) is 2. The lowest BCUT2D eigenvalue weighted by Gasteiger charge is -2.40. The van der Waals surface area contributed by atoms with Gasteiger partial charge in [0.2, 0.25) is 5.91 Å². The zero-order valence-corrected chi connectivity index (χ0v) is 15.8. The highest BCUT2D eigenvalue weighted by molar-refractivity contribution is 5.96. The van der Waals surface area contributed by atoms with Crippen LogP contribution in [0.5, 0.6) is 0 Å². The quantitative estimate of drug-likeness (QED) is 0.897. The molecule has 1 heterocycles. The highest BCUT2D eigenvalue weighted by Gasteiger charge is 2.39. The molecule has 1 aromatic carbocycles. The van der Waals surface area contributed by atoms with E-state index in [4.69, 9.17) is 0 Å². The summed E-state index contributed by atoms with van der Waals surface area (Å²) in [6, 6.07) is 6.68. The molecule has 1 saturated carbocycles. The number of rotatable bonds is 4. The number of benzene rings is 1. The van der Waals surface area contributed by atoms with Gasteiger partial charge in [-0.25, -0.2) is 0 Å². The summed E-state index contributed by atoms with van der Waals surface area (Å²) in [5.74, 6) is 0.481. The molecule has 2 amide bonds. The summed E-state index contributed by atoms with van der Waals surface area (Å²) >= 11 is 0. The van der Waals surface area contributed by atoms with E-state index in [1.807, 2.05) is 17.0 Å². The third-order valence-corrected chi connectivity index (χ3v) is 6.42. The van der Waals surface area contributed by atoms with E-state index in [0.717, 1.165) is 50.6 Å². The average Bonchev–Trinajstić information content (AvgIpc) is 3.21. The molecule has 2 fully saturated rings. The van der Waals surface area contributed by atoms with Gasteiger partial charge < -0.3 is 15.1 Å². The van der Waals surface area contributed by atoms with Crippen LogP contribution >= 0.6 is 0 Å². The summed E-state index contributed by atoms with van der Waals surface area (Å²) in [4.78, 5) is 29.5. The van der Waals surface area contributed by atoms with Gasteiger partial charge in [0.1, 0.15) is 0 Å². The largest absolute Gasteiger partial charge is 0.347 e. The maximum Gasteiger partial charge on any atom is 0.251 e. The lowest BCUT2D eigenvalue weighted by molar-refractivity contribution is -0.139. The molecule has 1 N–H and O–H groups in total. The minimum atomic E-state index is 0.0272. The number of hydrogen-bond acceptors (Lipinski definition) is 3. The highest BCUT2D eigenvalue weighted by Crippen LogP contribution is 2.33. The number of nitrogens with one attached hydrogen (secondary N) is 1. The molecule has 0 unspecified atom stereocenters. The summed E-state index contributed by atoms with van der Waals surface area (Å²) in [6.45, 7) is 1.42. The monoisotopic (exact) mass is 355 g/mol. The van der Waals surface area contributed by atoms with E-state index >= 15 is 0 Å². The van der Waals surface area contributed by atoms with Gasteiger partial charge in [-0.3, -0.25) is 9.59 Å². The number of likely N-dealkylation sites (tertiary alicyclic amines) is 1. The van der Waals surface area contributed by atoms with Crippen molar-refractivity contribution >= 4 is 11.8 Å². The molecular weight excluding hydrogens is 326 g/mol. The molecule has 5 nitrogen and oxygen atoms in total. The Morgan fingerprint density at radius 3 is 2.77 bits per heavy atom. The molecule has 1 aromatic rings. The fourth-order valence-corrected chi connectivity index (χ4v) is 4.64. The van der Waals surface area contributed by atoms with Crippen LogP contribution in [0.1, 0.15) is 47.2 Å². The highest BCUT2D eigenvalue weighted by atomic mass is 16.2. The van der Waals surface area contributed by atoms with Gasteiger partial charge in [-0.1, -0.05) is 12.1 Å². The number of carbonyl (C=O) groups is 2. The first-order valence-corrected chi connectivity index (χ1v) is 9.89. The summed E-state index contributed by atoms with van der Waals surface area (Å²) in [5.41, 5.74) is 3.37. The van der Waals surface area contributed by atoms with Crippen molar-refractivity contribution in [2.24, 2.45) is 5.92 Å². The van der Waals surface area contributed by atoms with Crippen molar-refractivity contribution in [1.29, 1.82) is 0 Å². The maximum atomic E-state index is 12.7. The molecule has 26 heavy (non-hydrogen) atoms. The van der Waals surface area contributed by atoms with Crippen LogP contribution in [0, 0.1) is 5.92 Å². The molecule has 5 heteroatoms. The predicted molar refractivity (Wildman–Crippen MR) is 101 cm³/mol. The van der Waals surface area contributed by atoms with Crippen LogP contribution in [0.4, 0.5) is 0 Å². The van der Waals surface area contributed by atoms with Crippen molar-refractivity contribution in [3.8, 4) is 0 Å². The number of hydrogen-bond donors (Lipinski definition) is 1. The second-order valence-electron chi connectivity index (χ2n) is 8.33. The van der Waals surface area contributed by atoms with Crippen molar-refractivity contribution in [2.45, 2.75) is 50.6 Å². The van der Waals surface area contributed by atoms with Crippen LogP contribution in [0.15, 0.2) is 18.2 Å². The first kappa shape index (κ1) is 17.5. The molecule has 1 aliphatic heterocycles. The van der Waals surface area contributed by atoms with Gasteiger partial charge >= 0.3 is 0 Å². The zero-order valence-electron chi connectivity index (χ0n) is 15.8. The summed E-state index contributed by atoms with van der Waals surface area (Å²) < 4.78 is 0. The molecule has 0 spiro atoms. The maximum absolute atomic E-state index is 12.7. The number of amides is 2. The van der Waals surface area contributed by atoms with Gasteiger partial charge in [-0.05, 0) is 69.8 Å². The first-order chi connectivity index (χ1) is 12.5. The van der Waals surface area contributed by atoms with E-state index in [0.29, 0.717) is 12.6 Å². The number of carbonyl (C=O) groups excluding carboxylic acids is 2. The van der Waals surface area contributed by atoms with E-state index < -0.39 is 0 Å². The Bertz CT molecular complexity index is 709. The van der Waals surface area contributed by atoms with Crippen molar-refractivity contribution in [3.05, 3.63) is 34.9 Å². The SMILES string of the molecule is CN(C)C1CC(C(=O)N2CC[C@@H](NC(=O)c3cccc4c3CCC4)C2)C1. The van der Waals surface area contributed by atoms with Gasteiger partial charge in [-0.2, -0.15) is 0 Å². The molecule has 1 atom stereocenters. The molecular formula is C21H29N3O2. The van der Waals surface area contributed by atoms with Crippen LogP contribution < -0.4 is 5.32 Å². The second kappa shape index (κ2) is 7.03. The summed E-state index contributed by atoms with van der Waals surface area (Å²) in [5, 5.41) is 3.17. The minimum Gasteiger partial charge on any atom is -0.347 e. The predicted octanol–water partition coefficient (Wildman–Crippen LogP) is 1.85. The van der Waals surface area contributed by atoms with Crippen molar-refractivity contribution in [3.63, 3.8) is 0 Å². The third kappa shape index (κ3) is 3.25. The smallest absolute Gasteiger partial charge is 0.251 e. The van der Waals surface area contributed by atoms with Crippen LogP contribution in [0.25, 0.3) is 0 Å². The van der Waals surface area contributed by atoms with Crippen molar-refractivity contribution in [2.75, 3.05) is 27.2 Å². The van der Waals surface area contributed by atoms with Gasteiger partial charge in [0.05, 0.1) is 0 Å². The van der Waals surface area contributed by atoms with Gasteiger partial charge in [0.15, 0.2) is 0 Å². The van der Waals surface area contributed by atoms with E-state index in [1.54, 1.807) is 0 Å². The first-order valence-electron chi connectivity index (χ1n) is 9.89. The molecule has 3 aliphatic rings. The Balaban J connectivity index is 1.32. The fraction of sp³-hybridized carbons (Fsp3) is 0.619. The van der Waals surface area contributed by atoms with E-state index in [1.165, 1.54) is 11.1 Å². The second-order valence-corrected chi connectivity index (χ2v) is 8.33. The van der Waals surface area contributed by atoms with Gasteiger partial charge in [-0.15, -0.1) is 0 Å². The van der Waals surface area contributed by atoms with Gasteiger partial charge in [0, 0.05) is 36.7 Å². The Morgan fingerprint density at radius 2 is 2.00 bits per heavy atom. The lowest BCUT2D eigenvalue weighted by Crippen LogP contribution is -2.48. The lowest BCUT2D eigenvalue weighted by atomic mass is 9.78. The topological polar surface area (TPSA) is 52.7 Å². The number of aryl methyl sites for hydroxylation is 1. The molecule has 2 aliphatic carbocycles. The van der Waals surface area contributed by atoms with Crippen LogP contribution in [0.3, 0.4) is 0 Å². The molecule has 0 aromatic heterocycles. The van der Waals surface area contributed by atoms with Gasteiger partial charge in [0.25, 0.3) is 5.91 Å². The summed E-state index contributed by atoms with van der Waals surface area (Å²) in [7, 11) is 4.15. The van der Waals surface area contributed by atoms with Crippen molar-refractivity contribution < 1.29 is 9.59 Å². The standard InChI is InChI=1S/C21H29N3O2/c1-23(2)17-11-15(12-17)21(26)24-10-9-16(13-24)22-20(25)19-8-4-6-14-5-3-7-18(14)19/h4,6,8,15-17H,3,5,7,9-13H2,1-2H3,(H,22,25)/t15?,16-,17?/m1/s1. The van der Waals surface area contributed by atoms with Crippen LogP contribution in [0.2, 0.25) is 0 Å². The fourth-order valence-electron chi connectivity index (χ4n) is 4.64. The Kier molecular flexibility index (Phi) is 4.74. The average molecular weight is 355 g/mol. The Labute approximate surface area is 155 Å². The van der Waals surface area contributed by atoms with Crippen LogP contribution in [-0.4, -0.2) is 60.9 Å². The molecule has 140 valence electrons. The number of fused-ring (bicyclic) bond motifs is 1. The molecule has 4 rings (SSSR count). The zero-order chi connectivity index (χ0) is 18.3.